The van der Waals surface area contributed by atoms with Crippen LogP contribution in [0.25, 0.3) is 0 Å². The Balaban J connectivity index is 0.000000171. The Morgan fingerprint density at radius 2 is 1.53 bits per heavy atom. The van der Waals surface area contributed by atoms with E-state index < -0.39 is 0 Å². The summed E-state index contributed by atoms with van der Waals surface area (Å²) in [6, 6.07) is 13.1. The smallest absolute Gasteiger partial charge is 0.122 e. The molecule has 2 rings (SSSR count). The SMILES string of the molecule is COc1cccc(O)c1.Oc1cccc(Cl)c1. The zero-order chi connectivity index (χ0) is 12.7. The number of rotatable bonds is 1. The summed E-state index contributed by atoms with van der Waals surface area (Å²) in [7, 11) is 1.56. The maximum Gasteiger partial charge on any atom is 0.122 e. The highest BCUT2D eigenvalue weighted by Gasteiger charge is 1.89. The molecule has 0 bridgehead atoms. The lowest BCUT2D eigenvalue weighted by atomic mass is 10.3. The second-order valence-electron chi connectivity index (χ2n) is 3.18. The van der Waals surface area contributed by atoms with Crippen molar-refractivity contribution in [3.8, 4) is 17.2 Å². The van der Waals surface area contributed by atoms with Gasteiger partial charge >= 0.3 is 0 Å². The van der Waals surface area contributed by atoms with Crippen molar-refractivity contribution in [3.63, 3.8) is 0 Å². The first-order valence-corrected chi connectivity index (χ1v) is 5.27. The van der Waals surface area contributed by atoms with E-state index in [2.05, 4.69) is 0 Å². The molecule has 4 heteroatoms. The summed E-state index contributed by atoms with van der Waals surface area (Å²) in [6.07, 6.45) is 0. The Morgan fingerprint density at radius 3 is 1.88 bits per heavy atom. The number of benzene rings is 2. The van der Waals surface area contributed by atoms with E-state index in [4.69, 9.17) is 26.6 Å². The summed E-state index contributed by atoms with van der Waals surface area (Å²) < 4.78 is 4.84. The Morgan fingerprint density at radius 1 is 0.941 bits per heavy atom. The molecule has 0 radical (unpaired) electrons. The lowest BCUT2D eigenvalue weighted by molar-refractivity contribution is 0.407. The normalized spacial score (nSPS) is 9.06. The number of phenols is 2. The van der Waals surface area contributed by atoms with Gasteiger partial charge in [-0.3, -0.25) is 0 Å². The maximum atomic E-state index is 8.86. The molecule has 0 spiro atoms. The molecule has 2 N–H and O–H groups in total. The molecule has 0 fully saturated rings. The Labute approximate surface area is 105 Å². The molecule has 0 aliphatic heterocycles. The van der Waals surface area contributed by atoms with Crippen LogP contribution in [0.4, 0.5) is 0 Å². The highest BCUT2D eigenvalue weighted by Crippen LogP contribution is 2.16. The average Bonchev–Trinajstić information content (AvgIpc) is 2.29. The van der Waals surface area contributed by atoms with Crippen LogP contribution >= 0.6 is 11.6 Å². The van der Waals surface area contributed by atoms with Gasteiger partial charge in [-0.15, -0.1) is 0 Å². The number of ether oxygens (including phenoxy) is 1. The highest BCUT2D eigenvalue weighted by molar-refractivity contribution is 6.30. The summed E-state index contributed by atoms with van der Waals surface area (Å²) in [5, 5.41) is 18.2. The number of halogens is 1. The van der Waals surface area contributed by atoms with Crippen molar-refractivity contribution < 1.29 is 14.9 Å². The van der Waals surface area contributed by atoms with Gasteiger partial charge in [0.15, 0.2) is 0 Å². The Bertz CT molecular complexity index is 454. The standard InChI is InChI=1S/C7H8O2.C6H5ClO/c1-9-7-4-2-3-6(8)5-7;7-5-2-1-3-6(8)4-5/h2-5,8H,1H3;1-4,8H. The van der Waals surface area contributed by atoms with Crippen molar-refractivity contribution in [1.29, 1.82) is 0 Å². The number of hydrogen-bond acceptors (Lipinski definition) is 3. The average molecular weight is 253 g/mol. The van der Waals surface area contributed by atoms with Crippen molar-refractivity contribution in [2.45, 2.75) is 0 Å². The summed E-state index contributed by atoms with van der Waals surface area (Å²) in [6.45, 7) is 0. The van der Waals surface area contributed by atoms with Crippen LogP contribution in [0, 0.1) is 0 Å². The largest absolute Gasteiger partial charge is 0.508 e. The molecule has 0 aliphatic rings. The summed E-state index contributed by atoms with van der Waals surface area (Å²) in [5.41, 5.74) is 0. The zero-order valence-electron chi connectivity index (χ0n) is 9.30. The van der Waals surface area contributed by atoms with E-state index >= 15 is 0 Å². The van der Waals surface area contributed by atoms with E-state index in [1.54, 1.807) is 49.6 Å². The molecule has 0 amide bonds. The van der Waals surface area contributed by atoms with E-state index in [1.807, 2.05) is 0 Å². The van der Waals surface area contributed by atoms with Gasteiger partial charge < -0.3 is 14.9 Å². The van der Waals surface area contributed by atoms with Gasteiger partial charge in [-0.05, 0) is 30.3 Å². The molecule has 0 atom stereocenters. The minimum absolute atomic E-state index is 0.206. The van der Waals surface area contributed by atoms with E-state index in [0.717, 1.165) is 0 Å². The molecule has 2 aromatic carbocycles. The van der Waals surface area contributed by atoms with Gasteiger partial charge in [0.25, 0.3) is 0 Å². The first-order chi connectivity index (χ1) is 8.11. The monoisotopic (exact) mass is 252 g/mol. The summed E-state index contributed by atoms with van der Waals surface area (Å²) in [4.78, 5) is 0. The van der Waals surface area contributed by atoms with Gasteiger partial charge in [0.05, 0.1) is 7.11 Å². The number of phenolic OH excluding ortho intramolecular Hbond substituents is 2. The van der Waals surface area contributed by atoms with Gasteiger partial charge in [-0.1, -0.05) is 23.7 Å². The van der Waals surface area contributed by atoms with Crippen molar-refractivity contribution in [1.82, 2.24) is 0 Å². The molecule has 0 unspecified atom stereocenters. The fraction of sp³-hybridized carbons (Fsp3) is 0.0769. The van der Waals surface area contributed by atoms with Crippen LogP contribution in [-0.4, -0.2) is 17.3 Å². The molecule has 90 valence electrons. The second-order valence-corrected chi connectivity index (χ2v) is 3.62. The predicted molar refractivity (Wildman–Crippen MR) is 67.8 cm³/mol. The summed E-state index contributed by atoms with van der Waals surface area (Å²) in [5.74, 6) is 1.11. The van der Waals surface area contributed by atoms with E-state index in [-0.39, 0.29) is 11.5 Å². The lowest BCUT2D eigenvalue weighted by Gasteiger charge is -1.97. The quantitative estimate of drug-likeness (QED) is 0.817. The molecule has 3 nitrogen and oxygen atoms in total. The predicted octanol–water partition coefficient (Wildman–Crippen LogP) is 3.45. The summed E-state index contributed by atoms with van der Waals surface area (Å²) >= 11 is 5.48. The molecular formula is C13H13ClO3. The van der Waals surface area contributed by atoms with Crippen molar-refractivity contribution in [2.24, 2.45) is 0 Å². The second kappa shape index (κ2) is 6.66. The molecule has 2 aromatic rings. The highest BCUT2D eigenvalue weighted by atomic mass is 35.5. The van der Waals surface area contributed by atoms with Crippen LogP contribution < -0.4 is 4.74 Å². The topological polar surface area (TPSA) is 49.7 Å². The third-order valence-electron chi connectivity index (χ3n) is 1.86. The lowest BCUT2D eigenvalue weighted by Crippen LogP contribution is -1.79. The Hall–Kier alpha value is -1.87. The van der Waals surface area contributed by atoms with Gasteiger partial charge in [-0.25, -0.2) is 0 Å². The van der Waals surface area contributed by atoms with E-state index in [1.165, 1.54) is 6.07 Å². The van der Waals surface area contributed by atoms with Gasteiger partial charge in [-0.2, -0.15) is 0 Å². The van der Waals surface area contributed by atoms with Crippen LogP contribution in [0.1, 0.15) is 0 Å². The molecule has 0 saturated heterocycles. The fourth-order valence-electron chi connectivity index (χ4n) is 1.09. The number of aromatic hydroxyl groups is 2. The Kier molecular flexibility index (Phi) is 5.17. The van der Waals surface area contributed by atoms with E-state index in [0.29, 0.717) is 10.8 Å². The van der Waals surface area contributed by atoms with Crippen LogP contribution in [0.5, 0.6) is 17.2 Å². The first-order valence-electron chi connectivity index (χ1n) is 4.89. The minimum Gasteiger partial charge on any atom is -0.508 e. The zero-order valence-corrected chi connectivity index (χ0v) is 10.1. The third kappa shape index (κ3) is 5.13. The van der Waals surface area contributed by atoms with Crippen LogP contribution in [0.2, 0.25) is 5.02 Å². The van der Waals surface area contributed by atoms with Crippen molar-refractivity contribution in [2.75, 3.05) is 7.11 Å². The molecular weight excluding hydrogens is 240 g/mol. The van der Waals surface area contributed by atoms with E-state index in [9.17, 15) is 0 Å². The van der Waals surface area contributed by atoms with Crippen molar-refractivity contribution >= 4 is 11.6 Å². The van der Waals surface area contributed by atoms with Crippen LogP contribution in [-0.2, 0) is 0 Å². The number of hydrogen-bond donors (Lipinski definition) is 2. The third-order valence-corrected chi connectivity index (χ3v) is 2.10. The molecule has 0 saturated carbocycles. The first kappa shape index (κ1) is 13.2. The van der Waals surface area contributed by atoms with Gasteiger partial charge in [0.1, 0.15) is 17.2 Å². The maximum absolute atomic E-state index is 8.86. The molecule has 0 aliphatic carbocycles. The fourth-order valence-corrected chi connectivity index (χ4v) is 1.27. The minimum atomic E-state index is 0.206. The number of methoxy groups -OCH3 is 1. The van der Waals surface area contributed by atoms with Gasteiger partial charge in [0, 0.05) is 11.1 Å². The van der Waals surface area contributed by atoms with Crippen LogP contribution in [0.3, 0.4) is 0 Å². The van der Waals surface area contributed by atoms with Crippen LogP contribution in [0.15, 0.2) is 48.5 Å². The van der Waals surface area contributed by atoms with Gasteiger partial charge in [0.2, 0.25) is 0 Å². The van der Waals surface area contributed by atoms with Crippen molar-refractivity contribution in [3.05, 3.63) is 53.6 Å². The molecule has 0 aromatic heterocycles. The molecule has 0 heterocycles. The molecule has 17 heavy (non-hydrogen) atoms.